The molecule has 1 aromatic rings. The number of hydrogen-bond donors (Lipinski definition) is 2. The van der Waals surface area contributed by atoms with Crippen molar-refractivity contribution < 1.29 is 8.42 Å². The van der Waals surface area contributed by atoms with Gasteiger partial charge in [0.25, 0.3) is 0 Å². The lowest BCUT2D eigenvalue weighted by molar-refractivity contribution is 0.358. The highest BCUT2D eigenvalue weighted by molar-refractivity contribution is 9.10. The third kappa shape index (κ3) is 5.34. The maximum absolute atomic E-state index is 12.5. The fraction of sp³-hybridized carbons (Fsp3) is 0.571. The Morgan fingerprint density at radius 2 is 2.00 bits per heavy atom. The Labute approximate surface area is 136 Å². The van der Waals surface area contributed by atoms with Crippen LogP contribution in [0.5, 0.6) is 0 Å². The predicted molar refractivity (Wildman–Crippen MR) is 90.0 cm³/mol. The van der Waals surface area contributed by atoms with Crippen LogP contribution in [0.2, 0.25) is 0 Å². The zero-order chi connectivity index (χ0) is 16.0. The summed E-state index contributed by atoms with van der Waals surface area (Å²) in [5.74, 6) is 0. The highest BCUT2D eigenvalue weighted by atomic mass is 79.9. The van der Waals surface area contributed by atoms with Gasteiger partial charge in [-0.2, -0.15) is 0 Å². The topological polar surface area (TPSA) is 61.4 Å². The molecule has 0 fully saturated rings. The van der Waals surface area contributed by atoms with Gasteiger partial charge in [0.05, 0.1) is 4.90 Å². The average molecular weight is 378 g/mol. The van der Waals surface area contributed by atoms with E-state index >= 15 is 0 Å². The predicted octanol–water partition coefficient (Wildman–Crippen LogP) is 1.71. The minimum Gasteiger partial charge on any atom is -0.316 e. The molecule has 5 nitrogen and oxygen atoms in total. The van der Waals surface area contributed by atoms with Crippen molar-refractivity contribution in [1.29, 1.82) is 0 Å². The van der Waals surface area contributed by atoms with Crippen molar-refractivity contribution in [1.82, 2.24) is 14.9 Å². The molecular formula is C14H24BrN3O2S. The number of sulfonamides is 1. The molecule has 0 amide bonds. The number of hydrogen-bond acceptors (Lipinski definition) is 4. The Morgan fingerprint density at radius 1 is 1.33 bits per heavy atom. The molecule has 0 spiro atoms. The highest BCUT2D eigenvalue weighted by Crippen LogP contribution is 2.25. The molecule has 120 valence electrons. The van der Waals surface area contributed by atoms with E-state index in [0.717, 1.165) is 22.1 Å². The number of nitrogens with one attached hydrogen (secondary N) is 2. The molecule has 0 radical (unpaired) electrons. The van der Waals surface area contributed by atoms with Crippen LogP contribution < -0.4 is 10.0 Å². The third-order valence-electron chi connectivity index (χ3n) is 3.35. The Hall–Kier alpha value is -0.470. The lowest BCUT2D eigenvalue weighted by Crippen LogP contribution is -2.33. The van der Waals surface area contributed by atoms with Crippen molar-refractivity contribution >= 4 is 26.0 Å². The third-order valence-corrected chi connectivity index (χ3v) is 5.76. The SMILES string of the molecule is CCN(C)CCNS(=O)(=O)c1cc(CNC)cc(Br)c1C. The molecule has 0 aliphatic rings. The molecule has 0 bridgehead atoms. The Kier molecular flexibility index (Phi) is 7.29. The lowest BCUT2D eigenvalue weighted by Gasteiger charge is -2.16. The second-order valence-electron chi connectivity index (χ2n) is 5.02. The maximum atomic E-state index is 12.5. The summed E-state index contributed by atoms with van der Waals surface area (Å²) in [6, 6.07) is 3.66. The monoisotopic (exact) mass is 377 g/mol. The Balaban J connectivity index is 2.96. The number of halogens is 1. The van der Waals surface area contributed by atoms with Crippen LogP contribution in [0, 0.1) is 6.92 Å². The summed E-state index contributed by atoms with van der Waals surface area (Å²) >= 11 is 3.43. The van der Waals surface area contributed by atoms with Gasteiger partial charge in [-0.05, 0) is 50.8 Å². The van der Waals surface area contributed by atoms with Gasteiger partial charge in [0.2, 0.25) is 10.0 Å². The van der Waals surface area contributed by atoms with E-state index < -0.39 is 10.0 Å². The molecular weight excluding hydrogens is 354 g/mol. The Morgan fingerprint density at radius 3 is 2.57 bits per heavy atom. The van der Waals surface area contributed by atoms with Crippen molar-refractivity contribution in [2.45, 2.75) is 25.3 Å². The number of benzene rings is 1. The van der Waals surface area contributed by atoms with Gasteiger partial charge in [-0.15, -0.1) is 0 Å². The zero-order valence-corrected chi connectivity index (χ0v) is 15.4. The van der Waals surface area contributed by atoms with E-state index in [9.17, 15) is 8.42 Å². The van der Waals surface area contributed by atoms with Gasteiger partial charge in [0, 0.05) is 24.1 Å². The van der Waals surface area contributed by atoms with Crippen molar-refractivity contribution in [2.75, 3.05) is 33.7 Å². The summed E-state index contributed by atoms with van der Waals surface area (Å²) in [4.78, 5) is 2.39. The van der Waals surface area contributed by atoms with Crippen LogP contribution in [0.15, 0.2) is 21.5 Å². The van der Waals surface area contributed by atoms with E-state index in [1.807, 2.05) is 27.1 Å². The van der Waals surface area contributed by atoms with E-state index in [4.69, 9.17) is 0 Å². The van der Waals surface area contributed by atoms with Gasteiger partial charge >= 0.3 is 0 Å². The van der Waals surface area contributed by atoms with E-state index in [-0.39, 0.29) is 0 Å². The highest BCUT2D eigenvalue weighted by Gasteiger charge is 2.19. The molecule has 21 heavy (non-hydrogen) atoms. The molecule has 0 aliphatic heterocycles. The number of likely N-dealkylation sites (N-methyl/N-ethyl adjacent to an activating group) is 1. The van der Waals surface area contributed by atoms with Gasteiger partial charge in [0.15, 0.2) is 0 Å². The van der Waals surface area contributed by atoms with Crippen molar-refractivity contribution in [3.05, 3.63) is 27.7 Å². The summed E-state index contributed by atoms with van der Waals surface area (Å²) in [6.45, 7) is 6.45. The van der Waals surface area contributed by atoms with E-state index in [2.05, 4.69) is 30.9 Å². The summed E-state index contributed by atoms with van der Waals surface area (Å²) < 4.78 is 28.4. The van der Waals surface area contributed by atoms with Crippen LogP contribution in [0.1, 0.15) is 18.1 Å². The first-order chi connectivity index (χ1) is 9.81. The molecule has 0 unspecified atom stereocenters. The summed E-state index contributed by atoms with van der Waals surface area (Å²) in [5.41, 5.74) is 1.66. The van der Waals surface area contributed by atoms with Crippen LogP contribution >= 0.6 is 15.9 Å². The quantitative estimate of drug-likeness (QED) is 0.723. The largest absolute Gasteiger partial charge is 0.316 e. The molecule has 2 N–H and O–H groups in total. The molecule has 7 heteroatoms. The average Bonchev–Trinajstić information content (AvgIpc) is 2.42. The molecule has 1 rings (SSSR count). The fourth-order valence-electron chi connectivity index (χ4n) is 1.90. The number of rotatable bonds is 8. The first kappa shape index (κ1) is 18.6. The maximum Gasteiger partial charge on any atom is 0.240 e. The van der Waals surface area contributed by atoms with Crippen LogP contribution in [-0.2, 0) is 16.6 Å². The fourth-order valence-corrected chi connectivity index (χ4v) is 3.87. The van der Waals surface area contributed by atoms with E-state index in [0.29, 0.717) is 24.5 Å². The van der Waals surface area contributed by atoms with Crippen LogP contribution in [-0.4, -0.2) is 47.0 Å². The number of nitrogens with zero attached hydrogens (tertiary/aromatic N) is 1. The van der Waals surface area contributed by atoms with Gasteiger partial charge in [-0.25, -0.2) is 13.1 Å². The van der Waals surface area contributed by atoms with E-state index in [1.54, 1.807) is 13.0 Å². The van der Waals surface area contributed by atoms with Crippen molar-refractivity contribution in [3.8, 4) is 0 Å². The molecule has 0 saturated carbocycles. The van der Waals surface area contributed by atoms with Gasteiger partial charge in [-0.1, -0.05) is 22.9 Å². The zero-order valence-electron chi connectivity index (χ0n) is 13.0. The van der Waals surface area contributed by atoms with Gasteiger partial charge in [-0.3, -0.25) is 0 Å². The minimum absolute atomic E-state index is 0.335. The molecule has 0 aromatic heterocycles. The summed E-state index contributed by atoms with van der Waals surface area (Å²) in [7, 11) is 0.303. The van der Waals surface area contributed by atoms with Crippen LogP contribution in [0.25, 0.3) is 0 Å². The molecule has 0 saturated heterocycles. The smallest absolute Gasteiger partial charge is 0.240 e. The second-order valence-corrected chi connectivity index (χ2v) is 7.61. The van der Waals surface area contributed by atoms with Crippen molar-refractivity contribution in [2.24, 2.45) is 0 Å². The molecule has 0 heterocycles. The Bertz CT molecular complexity index is 576. The normalized spacial score (nSPS) is 12.1. The lowest BCUT2D eigenvalue weighted by atomic mass is 10.1. The van der Waals surface area contributed by atoms with E-state index in [1.165, 1.54) is 0 Å². The van der Waals surface area contributed by atoms with Crippen LogP contribution in [0.4, 0.5) is 0 Å². The standard InChI is InChI=1S/C14H24BrN3O2S/c1-5-18(4)7-6-17-21(19,20)14-9-12(10-16-3)8-13(15)11(14)2/h8-9,16-17H,5-7,10H2,1-4H3. The second kappa shape index (κ2) is 8.24. The first-order valence-corrected chi connectivity index (χ1v) is 9.21. The first-order valence-electron chi connectivity index (χ1n) is 6.93. The minimum atomic E-state index is -3.49. The van der Waals surface area contributed by atoms with Crippen molar-refractivity contribution in [3.63, 3.8) is 0 Å². The van der Waals surface area contributed by atoms with Crippen LogP contribution in [0.3, 0.4) is 0 Å². The van der Waals surface area contributed by atoms with Gasteiger partial charge < -0.3 is 10.2 Å². The summed E-state index contributed by atoms with van der Waals surface area (Å²) in [5, 5.41) is 3.03. The molecule has 0 aliphatic carbocycles. The van der Waals surface area contributed by atoms with Gasteiger partial charge in [0.1, 0.15) is 0 Å². The summed E-state index contributed by atoms with van der Waals surface area (Å²) in [6.07, 6.45) is 0. The molecule has 0 atom stereocenters. The molecule has 1 aromatic carbocycles.